The van der Waals surface area contributed by atoms with Crippen LogP contribution in [-0.2, 0) is 19.6 Å². The van der Waals surface area contributed by atoms with Gasteiger partial charge in [0.1, 0.15) is 0 Å². The number of fused-ring (bicyclic) bond motifs is 1. The summed E-state index contributed by atoms with van der Waals surface area (Å²) in [6, 6.07) is 17.9. The lowest BCUT2D eigenvalue weighted by molar-refractivity contribution is 0.187. The molecule has 0 N–H and O–H groups in total. The van der Waals surface area contributed by atoms with E-state index in [9.17, 15) is 0 Å². The molecule has 0 spiro atoms. The molecule has 144 valence electrons. The molecule has 4 rings (SSSR count). The Bertz CT molecular complexity index is 734. The average Bonchev–Trinajstić information content (AvgIpc) is 3.05. The summed E-state index contributed by atoms with van der Waals surface area (Å²) in [5.74, 6) is 0. The van der Waals surface area contributed by atoms with Gasteiger partial charge >= 0.3 is 0 Å². The van der Waals surface area contributed by atoms with Crippen LogP contribution in [-0.4, -0.2) is 58.1 Å². The van der Waals surface area contributed by atoms with E-state index in [-0.39, 0.29) is 0 Å². The molecule has 1 fully saturated rings. The second-order valence-electron chi connectivity index (χ2n) is 7.40. The van der Waals surface area contributed by atoms with Gasteiger partial charge in [-0.2, -0.15) is 0 Å². The Kier molecular flexibility index (Phi) is 6.42. The average molecular weight is 401 g/mol. The van der Waals surface area contributed by atoms with Crippen molar-refractivity contribution in [2.45, 2.75) is 24.5 Å². The fraction of sp³-hybridized carbons (Fsp3) is 0.429. The summed E-state index contributed by atoms with van der Waals surface area (Å²) in [6.07, 6.45) is 0. The number of hydrogen-bond donors (Lipinski definition) is 0. The van der Waals surface area contributed by atoms with E-state index in [1.54, 1.807) is 0 Å². The molecule has 2 aromatic rings. The van der Waals surface area contributed by atoms with Gasteiger partial charge in [0.25, 0.3) is 0 Å². The molecule has 0 saturated carbocycles. The molecule has 0 unspecified atom stereocenters. The predicted molar refractivity (Wildman–Crippen MR) is 116 cm³/mol. The molecule has 0 bridgehead atoms. The summed E-state index contributed by atoms with van der Waals surface area (Å²) < 4.78 is 7.09. The van der Waals surface area contributed by atoms with E-state index < -0.39 is 0 Å². The molecule has 2 aromatic carbocycles. The molecule has 0 aliphatic carbocycles. The summed E-state index contributed by atoms with van der Waals surface area (Å²) >= 11 is 3.72. The normalized spacial score (nSPS) is 18.9. The van der Waals surface area contributed by atoms with Crippen LogP contribution in [0.4, 0.5) is 0 Å². The maximum absolute atomic E-state index is 2.57. The van der Waals surface area contributed by atoms with E-state index in [0.717, 1.165) is 45.8 Å². The minimum Gasteiger partial charge on any atom is -0.296 e. The lowest BCUT2D eigenvalue weighted by atomic mass is 10.1. The van der Waals surface area contributed by atoms with E-state index in [0.29, 0.717) is 0 Å². The van der Waals surface area contributed by atoms with Gasteiger partial charge in [-0.3, -0.25) is 4.90 Å². The maximum atomic E-state index is 2.57. The minimum absolute atomic E-state index is 1.04. The summed E-state index contributed by atoms with van der Waals surface area (Å²) in [6.45, 7) is 7.66. The van der Waals surface area contributed by atoms with Gasteiger partial charge in [-0.15, -0.1) is 0 Å². The van der Waals surface area contributed by atoms with E-state index in [1.165, 1.54) is 21.6 Å². The van der Waals surface area contributed by atoms with Gasteiger partial charge < -0.3 is 0 Å². The van der Waals surface area contributed by atoms with Crippen LogP contribution < -0.4 is 0 Å². The molecular formula is C21H28N4S2. The first-order valence-corrected chi connectivity index (χ1v) is 11.1. The molecule has 27 heavy (non-hydrogen) atoms. The highest BCUT2D eigenvalue weighted by atomic mass is 32.2. The Balaban J connectivity index is 1.30. The fourth-order valence-corrected chi connectivity index (χ4v) is 5.51. The van der Waals surface area contributed by atoms with Crippen molar-refractivity contribution in [3.05, 3.63) is 65.2 Å². The first-order valence-electron chi connectivity index (χ1n) is 9.57. The molecule has 2 aliphatic rings. The zero-order chi connectivity index (χ0) is 18.6. The predicted octanol–water partition coefficient (Wildman–Crippen LogP) is 3.95. The van der Waals surface area contributed by atoms with Crippen LogP contribution in [0.25, 0.3) is 0 Å². The quantitative estimate of drug-likeness (QED) is 0.676. The SMILES string of the molecule is CN(C)SN1CCN(Cc2cccc(SN3Cc4ccccc4C3)c2)CC1. The molecule has 4 nitrogen and oxygen atoms in total. The van der Waals surface area contributed by atoms with Gasteiger partial charge in [0.15, 0.2) is 0 Å². The molecule has 0 radical (unpaired) electrons. The van der Waals surface area contributed by atoms with Crippen molar-refractivity contribution in [3.63, 3.8) is 0 Å². The zero-order valence-electron chi connectivity index (χ0n) is 16.2. The Hall–Kier alpha value is -1.02. The van der Waals surface area contributed by atoms with Crippen LogP contribution in [0.3, 0.4) is 0 Å². The Morgan fingerprint density at radius 2 is 1.56 bits per heavy atom. The number of benzene rings is 2. The van der Waals surface area contributed by atoms with Crippen LogP contribution in [0.2, 0.25) is 0 Å². The summed E-state index contributed by atoms with van der Waals surface area (Å²) in [4.78, 5) is 3.92. The van der Waals surface area contributed by atoms with Gasteiger partial charge in [-0.1, -0.05) is 36.4 Å². The Morgan fingerprint density at radius 1 is 0.852 bits per heavy atom. The lowest BCUT2D eigenvalue weighted by Crippen LogP contribution is -2.43. The molecule has 2 aliphatic heterocycles. The molecule has 0 amide bonds. The van der Waals surface area contributed by atoms with Crippen molar-refractivity contribution >= 4 is 24.1 Å². The smallest absolute Gasteiger partial charge is 0.0351 e. The highest BCUT2D eigenvalue weighted by molar-refractivity contribution is 7.97. The first kappa shape index (κ1) is 19.3. The van der Waals surface area contributed by atoms with Crippen molar-refractivity contribution in [3.8, 4) is 0 Å². The summed E-state index contributed by atoms with van der Waals surface area (Å²) in [5, 5.41) is 0. The third-order valence-electron chi connectivity index (χ3n) is 4.96. The maximum Gasteiger partial charge on any atom is 0.0351 e. The second-order valence-corrected chi connectivity index (χ2v) is 9.98. The number of hydrogen-bond acceptors (Lipinski definition) is 6. The minimum atomic E-state index is 1.04. The third kappa shape index (κ3) is 5.28. The number of rotatable bonds is 6. The van der Waals surface area contributed by atoms with Gasteiger partial charge in [-0.25, -0.2) is 12.9 Å². The first-order chi connectivity index (χ1) is 13.2. The summed E-state index contributed by atoms with van der Waals surface area (Å²) in [5.41, 5.74) is 4.36. The van der Waals surface area contributed by atoms with Gasteiger partial charge in [0.2, 0.25) is 0 Å². The van der Waals surface area contributed by atoms with Crippen LogP contribution in [0, 0.1) is 0 Å². The zero-order valence-corrected chi connectivity index (χ0v) is 17.8. The highest BCUT2D eigenvalue weighted by Gasteiger charge is 2.20. The number of nitrogens with zero attached hydrogens (tertiary/aromatic N) is 4. The van der Waals surface area contributed by atoms with Crippen molar-refractivity contribution in [1.29, 1.82) is 0 Å². The standard InChI is InChI=1S/C21H28N4S2/c1-22(2)27-24-12-10-23(11-13-24)15-18-6-5-9-21(14-18)26-25-16-19-7-3-4-8-20(19)17-25/h3-9,14H,10-13,15-17H2,1-2H3. The van der Waals surface area contributed by atoms with Crippen LogP contribution in [0.5, 0.6) is 0 Å². The van der Waals surface area contributed by atoms with Crippen molar-refractivity contribution in [2.75, 3.05) is 40.3 Å². The van der Waals surface area contributed by atoms with Crippen molar-refractivity contribution < 1.29 is 0 Å². The van der Waals surface area contributed by atoms with E-state index >= 15 is 0 Å². The Morgan fingerprint density at radius 3 is 2.22 bits per heavy atom. The van der Waals surface area contributed by atoms with E-state index in [1.807, 2.05) is 24.1 Å². The molecule has 1 saturated heterocycles. The molecular weight excluding hydrogens is 372 g/mol. The molecule has 0 aromatic heterocycles. The van der Waals surface area contributed by atoms with Gasteiger partial charge in [0, 0.05) is 62.8 Å². The van der Waals surface area contributed by atoms with Crippen LogP contribution in [0.15, 0.2) is 53.4 Å². The third-order valence-corrected chi connectivity index (χ3v) is 6.86. The topological polar surface area (TPSA) is 13.0 Å². The van der Waals surface area contributed by atoms with Crippen molar-refractivity contribution in [2.24, 2.45) is 0 Å². The Labute approximate surface area is 171 Å². The van der Waals surface area contributed by atoms with Crippen molar-refractivity contribution in [1.82, 2.24) is 17.8 Å². The van der Waals surface area contributed by atoms with Gasteiger partial charge in [-0.05, 0) is 54.9 Å². The molecule has 2 heterocycles. The number of piperazine rings is 1. The van der Waals surface area contributed by atoms with Gasteiger partial charge in [0.05, 0.1) is 0 Å². The molecule has 0 atom stereocenters. The largest absolute Gasteiger partial charge is 0.296 e. The van der Waals surface area contributed by atoms with Crippen LogP contribution >= 0.6 is 24.1 Å². The second kappa shape index (κ2) is 8.99. The summed E-state index contributed by atoms with van der Waals surface area (Å²) in [7, 11) is 4.22. The van der Waals surface area contributed by atoms with E-state index in [2.05, 4.69) is 80.4 Å². The monoisotopic (exact) mass is 400 g/mol. The fourth-order valence-electron chi connectivity index (χ4n) is 3.67. The molecule has 6 heteroatoms. The lowest BCUT2D eigenvalue weighted by Gasteiger charge is -2.34. The van der Waals surface area contributed by atoms with Crippen LogP contribution in [0.1, 0.15) is 16.7 Å². The van der Waals surface area contributed by atoms with E-state index in [4.69, 9.17) is 0 Å². The highest BCUT2D eigenvalue weighted by Crippen LogP contribution is 2.33.